The quantitative estimate of drug-likeness (QED) is 0.177. The first-order valence-corrected chi connectivity index (χ1v) is 16.9. The second kappa shape index (κ2) is 11.1. The molecule has 1 aromatic heterocycles. The van der Waals surface area contributed by atoms with E-state index in [-0.39, 0.29) is 0 Å². The predicted octanol–water partition coefficient (Wildman–Crippen LogP) is 13.2. The van der Waals surface area contributed by atoms with Crippen LogP contribution in [0.3, 0.4) is 0 Å². The molecule has 0 unspecified atom stereocenters. The van der Waals surface area contributed by atoms with Crippen molar-refractivity contribution in [3.05, 3.63) is 181 Å². The molecule has 10 aromatic rings. The van der Waals surface area contributed by atoms with Gasteiger partial charge in [-0.25, -0.2) is 0 Å². The Kier molecular flexibility index (Phi) is 6.28. The number of rotatable bonds is 5. The molecule has 0 atom stereocenters. The van der Waals surface area contributed by atoms with Crippen LogP contribution in [0.1, 0.15) is 5.56 Å². The van der Waals surface area contributed by atoms with E-state index in [1.807, 2.05) is 0 Å². The molecule has 0 saturated carbocycles. The third-order valence-electron chi connectivity index (χ3n) is 10.1. The van der Waals surface area contributed by atoms with Gasteiger partial charge < -0.3 is 9.32 Å². The van der Waals surface area contributed by atoms with Gasteiger partial charge in [0.25, 0.3) is 0 Å². The van der Waals surface area contributed by atoms with Crippen LogP contribution in [0.25, 0.3) is 76.2 Å². The van der Waals surface area contributed by atoms with Gasteiger partial charge in [-0.05, 0) is 67.7 Å². The Morgan fingerprint density at radius 3 is 1.80 bits per heavy atom. The molecule has 0 aliphatic rings. The summed E-state index contributed by atoms with van der Waals surface area (Å²) < 4.78 is 6.81. The fourth-order valence-electron chi connectivity index (χ4n) is 7.76. The van der Waals surface area contributed by atoms with Crippen molar-refractivity contribution in [1.29, 1.82) is 0 Å². The molecule has 230 valence electrons. The van der Waals surface area contributed by atoms with Crippen molar-refractivity contribution in [2.45, 2.75) is 6.54 Å². The van der Waals surface area contributed by atoms with Gasteiger partial charge in [0.05, 0.1) is 0 Å². The van der Waals surface area contributed by atoms with Gasteiger partial charge in [-0.3, -0.25) is 0 Å². The molecule has 0 radical (unpaired) electrons. The van der Waals surface area contributed by atoms with E-state index in [9.17, 15) is 0 Å². The van der Waals surface area contributed by atoms with E-state index in [0.29, 0.717) is 6.54 Å². The molecule has 0 saturated heterocycles. The van der Waals surface area contributed by atoms with Gasteiger partial charge in [-0.2, -0.15) is 0 Å². The summed E-state index contributed by atoms with van der Waals surface area (Å²) in [6.07, 6.45) is 0. The molecule has 2 heteroatoms. The van der Waals surface area contributed by atoms with Crippen LogP contribution < -0.4 is 4.90 Å². The van der Waals surface area contributed by atoms with Crippen molar-refractivity contribution in [3.63, 3.8) is 0 Å². The summed E-state index contributed by atoms with van der Waals surface area (Å²) in [5.41, 5.74) is 7.72. The normalized spacial score (nSPS) is 11.8. The van der Waals surface area contributed by atoms with Crippen LogP contribution in [-0.2, 0) is 6.54 Å². The van der Waals surface area contributed by atoms with E-state index in [1.54, 1.807) is 0 Å². The highest BCUT2D eigenvalue weighted by atomic mass is 16.3. The Morgan fingerprint density at radius 2 is 0.918 bits per heavy atom. The number of anilines is 2. The van der Waals surface area contributed by atoms with Crippen molar-refractivity contribution >= 4 is 76.4 Å². The summed E-state index contributed by atoms with van der Waals surface area (Å²) in [6, 6.07) is 63.5. The predicted molar refractivity (Wildman–Crippen MR) is 208 cm³/mol. The van der Waals surface area contributed by atoms with Gasteiger partial charge in [-0.15, -0.1) is 0 Å². The molecule has 0 amide bonds. The molecule has 0 spiro atoms. The third kappa shape index (κ3) is 4.49. The molecular weight excluding hydrogens is 595 g/mol. The van der Waals surface area contributed by atoms with E-state index in [4.69, 9.17) is 4.42 Å². The van der Waals surface area contributed by atoms with Crippen molar-refractivity contribution in [3.8, 4) is 11.1 Å². The summed E-state index contributed by atoms with van der Waals surface area (Å²) in [5.74, 6) is 0. The second-order valence-electron chi connectivity index (χ2n) is 12.9. The molecular formula is C47H31NO. The summed E-state index contributed by atoms with van der Waals surface area (Å²) in [5, 5.41) is 12.1. The van der Waals surface area contributed by atoms with Crippen LogP contribution in [-0.4, -0.2) is 0 Å². The molecule has 0 aliphatic heterocycles. The smallest absolute Gasteiger partial charge is 0.143 e. The Balaban J connectivity index is 1.17. The van der Waals surface area contributed by atoms with Crippen LogP contribution >= 0.6 is 0 Å². The van der Waals surface area contributed by atoms with Crippen LogP contribution in [0.5, 0.6) is 0 Å². The number of hydrogen-bond donors (Lipinski definition) is 0. The standard InChI is InChI=1S/C47H31NO/c1-5-16-37-32(12-1)23-24-34-29-36(26-28-39(34)37)48(45-22-9-15-31-11-2-7-18-40(31)45)30-35-14-4-6-17-38(35)42-20-10-21-43-44-27-25-33-13-3-8-19-41(33)46(44)49-47(42)43/h1-29H,30H2. The highest BCUT2D eigenvalue weighted by molar-refractivity contribution is 6.17. The van der Waals surface area contributed by atoms with Crippen LogP contribution in [0.4, 0.5) is 11.4 Å². The summed E-state index contributed by atoms with van der Waals surface area (Å²) in [4.78, 5) is 2.47. The first kappa shape index (κ1) is 27.7. The number of furan rings is 1. The molecule has 0 fully saturated rings. The van der Waals surface area contributed by atoms with Crippen molar-refractivity contribution in [2.24, 2.45) is 0 Å². The number of hydrogen-bond acceptors (Lipinski definition) is 2. The molecule has 0 N–H and O–H groups in total. The Labute approximate surface area is 284 Å². The maximum atomic E-state index is 6.81. The third-order valence-corrected chi connectivity index (χ3v) is 10.1. The molecule has 49 heavy (non-hydrogen) atoms. The monoisotopic (exact) mass is 625 g/mol. The van der Waals surface area contributed by atoms with E-state index in [0.717, 1.165) is 38.6 Å². The molecule has 1 heterocycles. The van der Waals surface area contributed by atoms with Crippen molar-refractivity contribution < 1.29 is 4.42 Å². The van der Waals surface area contributed by atoms with Gasteiger partial charge in [0.15, 0.2) is 0 Å². The number of para-hydroxylation sites is 1. The number of benzene rings is 9. The van der Waals surface area contributed by atoms with Gasteiger partial charge in [0, 0.05) is 45.0 Å². The lowest BCUT2D eigenvalue weighted by Gasteiger charge is -2.28. The van der Waals surface area contributed by atoms with Gasteiger partial charge in [-0.1, -0.05) is 152 Å². The average Bonchev–Trinajstić information content (AvgIpc) is 3.56. The van der Waals surface area contributed by atoms with Crippen LogP contribution in [0, 0.1) is 0 Å². The van der Waals surface area contributed by atoms with Crippen LogP contribution in [0.2, 0.25) is 0 Å². The molecule has 0 bridgehead atoms. The zero-order chi connectivity index (χ0) is 32.3. The van der Waals surface area contributed by atoms with E-state index in [2.05, 4.69) is 181 Å². The first-order valence-electron chi connectivity index (χ1n) is 16.9. The maximum Gasteiger partial charge on any atom is 0.143 e. The minimum atomic E-state index is 0.683. The first-order chi connectivity index (χ1) is 24.3. The van der Waals surface area contributed by atoms with Crippen LogP contribution in [0.15, 0.2) is 180 Å². The van der Waals surface area contributed by atoms with E-state index in [1.165, 1.54) is 54.5 Å². The maximum absolute atomic E-state index is 6.81. The van der Waals surface area contributed by atoms with Crippen molar-refractivity contribution in [2.75, 3.05) is 4.90 Å². The molecule has 10 rings (SSSR count). The fraction of sp³-hybridized carbons (Fsp3) is 0.0213. The largest absolute Gasteiger partial charge is 0.455 e. The number of nitrogens with zero attached hydrogens (tertiary/aromatic N) is 1. The Bertz CT molecular complexity index is 2870. The van der Waals surface area contributed by atoms with Gasteiger partial charge >= 0.3 is 0 Å². The topological polar surface area (TPSA) is 16.4 Å². The molecule has 2 nitrogen and oxygen atoms in total. The van der Waals surface area contributed by atoms with Gasteiger partial charge in [0.1, 0.15) is 11.2 Å². The van der Waals surface area contributed by atoms with E-state index < -0.39 is 0 Å². The van der Waals surface area contributed by atoms with E-state index >= 15 is 0 Å². The minimum Gasteiger partial charge on any atom is -0.455 e. The van der Waals surface area contributed by atoms with Crippen molar-refractivity contribution in [1.82, 2.24) is 0 Å². The lowest BCUT2D eigenvalue weighted by molar-refractivity contribution is 0.673. The second-order valence-corrected chi connectivity index (χ2v) is 12.9. The highest BCUT2D eigenvalue weighted by Gasteiger charge is 2.20. The fourth-order valence-corrected chi connectivity index (χ4v) is 7.76. The average molecular weight is 626 g/mol. The zero-order valence-electron chi connectivity index (χ0n) is 26.8. The zero-order valence-corrected chi connectivity index (χ0v) is 26.8. The summed E-state index contributed by atoms with van der Waals surface area (Å²) >= 11 is 0. The molecule has 0 aliphatic carbocycles. The van der Waals surface area contributed by atoms with Gasteiger partial charge in [0.2, 0.25) is 0 Å². The minimum absolute atomic E-state index is 0.683. The Hall–Kier alpha value is -6.38. The SMILES string of the molecule is c1ccc(-c2cccc3c2oc2c4ccccc4ccc32)c(CN(c2ccc3c(ccc4ccccc43)c2)c2cccc3ccccc23)c1. The lowest BCUT2D eigenvalue weighted by Crippen LogP contribution is -2.17. The highest BCUT2D eigenvalue weighted by Crippen LogP contribution is 2.42. The lowest BCUT2D eigenvalue weighted by atomic mass is 9.96. The summed E-state index contributed by atoms with van der Waals surface area (Å²) in [6.45, 7) is 0.683. The molecule has 9 aromatic carbocycles. The summed E-state index contributed by atoms with van der Waals surface area (Å²) in [7, 11) is 0. The Morgan fingerprint density at radius 1 is 0.367 bits per heavy atom. The number of fused-ring (bicyclic) bond motifs is 9.